The van der Waals surface area contributed by atoms with Crippen LogP contribution in [0.5, 0.6) is 0 Å². The van der Waals surface area contributed by atoms with Crippen LogP contribution in [0.2, 0.25) is 0 Å². The number of benzene rings is 1. The van der Waals surface area contributed by atoms with Gasteiger partial charge >= 0.3 is 0 Å². The largest absolute Gasteiger partial charge is 0.368 e. The number of nitrogens with one attached hydrogen (secondary N) is 2. The van der Waals surface area contributed by atoms with Gasteiger partial charge in [0.05, 0.1) is 22.7 Å². The van der Waals surface area contributed by atoms with Gasteiger partial charge in [0, 0.05) is 54.4 Å². The van der Waals surface area contributed by atoms with E-state index in [1.165, 1.54) is 0 Å². The van der Waals surface area contributed by atoms with E-state index in [1.54, 1.807) is 6.07 Å². The summed E-state index contributed by atoms with van der Waals surface area (Å²) in [4.78, 5) is 4.92. The average Bonchev–Trinajstić information content (AvgIpc) is 3.17. The maximum Gasteiger partial charge on any atom is 0.241 e. The number of hydrogen-bond donors (Lipinski definition) is 2. The molecule has 2 aromatic rings. The van der Waals surface area contributed by atoms with Gasteiger partial charge in [-0.15, -0.1) is 0 Å². The van der Waals surface area contributed by atoms with E-state index in [1.807, 2.05) is 23.9 Å². The first-order valence-corrected chi connectivity index (χ1v) is 13.4. The number of anilines is 1. The predicted molar refractivity (Wildman–Crippen MR) is 128 cm³/mol. The molecule has 1 saturated carbocycles. The van der Waals surface area contributed by atoms with Gasteiger partial charge in [0.25, 0.3) is 0 Å². The number of fused-ring (bicyclic) bond motifs is 1. The third-order valence-electron chi connectivity index (χ3n) is 7.79. The monoisotopic (exact) mass is 478 g/mol. The molecule has 5 rings (SSSR count). The van der Waals surface area contributed by atoms with Gasteiger partial charge in [-0.3, -0.25) is 9.58 Å². The molecule has 10 heteroatoms. The molecule has 0 radical (unpaired) electrons. The Labute approximate surface area is 195 Å². The molecule has 3 heterocycles. The molecule has 3 aliphatic rings. The molecule has 182 valence electrons. The Kier molecular flexibility index (Phi) is 5.70. The number of alkyl halides is 1. The van der Waals surface area contributed by atoms with E-state index in [-0.39, 0.29) is 22.5 Å². The predicted octanol–water partition coefficient (Wildman–Crippen LogP) is 2.27. The molecular formula is C23H35FN6O2S. The van der Waals surface area contributed by atoms with Crippen LogP contribution >= 0.6 is 0 Å². The Morgan fingerprint density at radius 3 is 2.55 bits per heavy atom. The van der Waals surface area contributed by atoms with Gasteiger partial charge in [0.1, 0.15) is 6.67 Å². The molecule has 3 fully saturated rings. The van der Waals surface area contributed by atoms with E-state index in [9.17, 15) is 12.8 Å². The van der Waals surface area contributed by atoms with Crippen LogP contribution in [-0.2, 0) is 10.0 Å². The first-order chi connectivity index (χ1) is 15.6. The number of piperazine rings is 1. The van der Waals surface area contributed by atoms with Gasteiger partial charge in [0.15, 0.2) is 0 Å². The van der Waals surface area contributed by atoms with Crippen molar-refractivity contribution in [2.75, 3.05) is 38.3 Å². The fourth-order valence-corrected chi connectivity index (χ4v) is 6.69. The molecule has 8 nitrogen and oxygen atoms in total. The first-order valence-electron chi connectivity index (χ1n) is 11.9. The van der Waals surface area contributed by atoms with E-state index < -0.39 is 16.7 Å². The van der Waals surface area contributed by atoms with Crippen molar-refractivity contribution in [1.29, 1.82) is 0 Å². The van der Waals surface area contributed by atoms with Gasteiger partial charge in [-0.2, -0.15) is 5.10 Å². The zero-order chi connectivity index (χ0) is 23.5. The van der Waals surface area contributed by atoms with E-state index in [2.05, 4.69) is 45.8 Å². The van der Waals surface area contributed by atoms with Gasteiger partial charge < -0.3 is 10.2 Å². The Bertz CT molecular complexity index is 1140. The summed E-state index contributed by atoms with van der Waals surface area (Å²) in [5.41, 5.74) is 1.34. The zero-order valence-electron chi connectivity index (χ0n) is 19.9. The van der Waals surface area contributed by atoms with Crippen LogP contribution in [0.25, 0.3) is 10.9 Å². The van der Waals surface area contributed by atoms with Crippen LogP contribution in [-0.4, -0.2) is 80.1 Å². The molecule has 0 bridgehead atoms. The van der Waals surface area contributed by atoms with Gasteiger partial charge in [-0.25, -0.2) is 17.5 Å². The summed E-state index contributed by atoms with van der Waals surface area (Å²) in [7, 11) is -1.55. The molecule has 33 heavy (non-hydrogen) atoms. The smallest absolute Gasteiger partial charge is 0.241 e. The highest BCUT2D eigenvalue weighted by atomic mass is 32.2. The average molecular weight is 479 g/mol. The number of rotatable bonds is 6. The molecule has 2 aliphatic heterocycles. The van der Waals surface area contributed by atoms with E-state index in [0.717, 1.165) is 42.5 Å². The van der Waals surface area contributed by atoms with Gasteiger partial charge in [-0.05, 0) is 59.2 Å². The highest BCUT2D eigenvalue weighted by molar-refractivity contribution is 7.89. The quantitative estimate of drug-likeness (QED) is 0.663. The normalized spacial score (nSPS) is 30.3. The third-order valence-corrected chi connectivity index (χ3v) is 9.41. The van der Waals surface area contributed by atoms with Crippen molar-refractivity contribution in [3.05, 3.63) is 18.3 Å². The maximum absolute atomic E-state index is 13.4. The van der Waals surface area contributed by atoms with Crippen molar-refractivity contribution >= 4 is 26.6 Å². The molecule has 2 saturated heterocycles. The highest BCUT2D eigenvalue weighted by Gasteiger charge is 2.42. The molecular weight excluding hydrogens is 443 g/mol. The summed E-state index contributed by atoms with van der Waals surface area (Å²) in [6, 6.07) is 4.04. The minimum atomic E-state index is -3.68. The Balaban J connectivity index is 1.61. The SMILES string of the molecule is C[C@H]1CN(c2cc(S(=O)(=O)NC3(C)CC3)cc3c2cnn3[C@H]2CN[C@H](CF)C2)C[C@H](C)N1C. The topological polar surface area (TPSA) is 82.5 Å². The number of sulfonamides is 1. The number of halogens is 1. The van der Waals surface area contributed by atoms with Crippen molar-refractivity contribution in [2.45, 2.75) is 74.6 Å². The Morgan fingerprint density at radius 1 is 1.24 bits per heavy atom. The standard InChI is InChI=1S/C23H35FN6O2S/c1-15-13-29(14-16(2)28(15)4)21-8-19(33(31,32)27-23(3)5-6-23)9-22-20(21)12-26-30(22)18-7-17(10-24)25-11-18/h8-9,12,15-18,25,27H,5-7,10-11,13-14H2,1-4H3/t15-,16-,17-,18+/m0/s1. The molecule has 0 amide bonds. The van der Waals surface area contributed by atoms with Crippen LogP contribution in [0.1, 0.15) is 46.1 Å². The molecule has 2 N–H and O–H groups in total. The summed E-state index contributed by atoms with van der Waals surface area (Å²) in [5.74, 6) is 0. The van der Waals surface area contributed by atoms with E-state index in [4.69, 9.17) is 0 Å². The van der Waals surface area contributed by atoms with Crippen molar-refractivity contribution in [3.63, 3.8) is 0 Å². The summed E-state index contributed by atoms with van der Waals surface area (Å²) in [5, 5.41) is 8.82. The lowest BCUT2D eigenvalue weighted by Gasteiger charge is -2.43. The second kappa shape index (κ2) is 8.18. The lowest BCUT2D eigenvalue weighted by molar-refractivity contribution is 0.170. The van der Waals surface area contributed by atoms with Crippen LogP contribution in [0.3, 0.4) is 0 Å². The van der Waals surface area contributed by atoms with Crippen molar-refractivity contribution in [2.24, 2.45) is 0 Å². The highest BCUT2D eigenvalue weighted by Crippen LogP contribution is 2.38. The molecule has 1 aromatic carbocycles. The summed E-state index contributed by atoms with van der Waals surface area (Å²) < 4.78 is 44.8. The minimum absolute atomic E-state index is 0.00620. The number of nitrogens with zero attached hydrogens (tertiary/aromatic N) is 4. The molecule has 1 aromatic heterocycles. The van der Waals surface area contributed by atoms with Crippen molar-refractivity contribution in [3.8, 4) is 0 Å². The van der Waals surface area contributed by atoms with Crippen LogP contribution in [0, 0.1) is 0 Å². The summed E-state index contributed by atoms with van der Waals surface area (Å²) in [6.45, 7) is 8.16. The van der Waals surface area contributed by atoms with Gasteiger partial charge in [0.2, 0.25) is 10.0 Å². The summed E-state index contributed by atoms with van der Waals surface area (Å²) in [6.07, 6.45) is 4.18. The van der Waals surface area contributed by atoms with E-state index in [0.29, 0.717) is 25.0 Å². The van der Waals surface area contributed by atoms with Crippen LogP contribution < -0.4 is 14.9 Å². The lowest BCUT2D eigenvalue weighted by Crippen LogP contribution is -2.55. The van der Waals surface area contributed by atoms with Crippen molar-refractivity contribution < 1.29 is 12.8 Å². The number of aromatic nitrogens is 2. The van der Waals surface area contributed by atoms with Crippen molar-refractivity contribution in [1.82, 2.24) is 24.7 Å². The van der Waals surface area contributed by atoms with E-state index >= 15 is 0 Å². The number of likely N-dealkylation sites (N-methyl/N-ethyl adjacent to an activating group) is 1. The molecule has 1 aliphatic carbocycles. The van der Waals surface area contributed by atoms with Gasteiger partial charge in [-0.1, -0.05) is 0 Å². The fraction of sp³-hybridized carbons (Fsp3) is 0.696. The number of hydrogen-bond acceptors (Lipinski definition) is 6. The summed E-state index contributed by atoms with van der Waals surface area (Å²) >= 11 is 0. The van der Waals surface area contributed by atoms with Crippen LogP contribution in [0.15, 0.2) is 23.2 Å². The minimum Gasteiger partial charge on any atom is -0.368 e. The second-order valence-electron chi connectivity index (χ2n) is 10.5. The van der Waals surface area contributed by atoms with Crippen LogP contribution in [0.4, 0.5) is 10.1 Å². The molecule has 0 unspecified atom stereocenters. The lowest BCUT2D eigenvalue weighted by atomic mass is 10.1. The Morgan fingerprint density at radius 2 is 1.94 bits per heavy atom. The second-order valence-corrected chi connectivity index (χ2v) is 12.2. The third kappa shape index (κ3) is 4.26. The molecule has 0 spiro atoms. The maximum atomic E-state index is 13.4. The Hall–Kier alpha value is -1.75. The molecule has 4 atom stereocenters. The first kappa shape index (κ1) is 23.0. The zero-order valence-corrected chi connectivity index (χ0v) is 20.7. The fourth-order valence-electron chi connectivity index (χ4n) is 5.19.